The second-order valence-corrected chi connectivity index (χ2v) is 6.59. The molecule has 0 spiro atoms. The van der Waals surface area contributed by atoms with E-state index in [9.17, 15) is 4.79 Å². The summed E-state index contributed by atoms with van der Waals surface area (Å²) in [6, 6.07) is 27.1. The van der Waals surface area contributed by atoms with Crippen molar-refractivity contribution in [1.29, 1.82) is 5.26 Å². The molecule has 3 aromatic carbocycles. The van der Waals surface area contributed by atoms with Crippen LogP contribution in [-0.2, 0) is 4.79 Å². The topological polar surface area (TPSA) is 62.1 Å². The number of rotatable bonds is 6. The Balaban J connectivity index is 1.63. The summed E-state index contributed by atoms with van der Waals surface area (Å²) in [7, 11) is 0. The van der Waals surface area contributed by atoms with Crippen LogP contribution in [0.1, 0.15) is 31.0 Å². The smallest absolute Gasteiger partial charge is 0.261 e. The van der Waals surface area contributed by atoms with E-state index in [1.807, 2.05) is 37.3 Å². The number of benzene rings is 3. The van der Waals surface area contributed by atoms with Gasteiger partial charge in [-0.15, -0.1) is 0 Å². The second-order valence-electron chi connectivity index (χ2n) is 6.59. The number of para-hydroxylation sites is 1. The van der Waals surface area contributed by atoms with Crippen LogP contribution in [0.15, 0.2) is 78.9 Å². The molecule has 28 heavy (non-hydrogen) atoms. The van der Waals surface area contributed by atoms with Crippen LogP contribution in [0.2, 0.25) is 0 Å². The summed E-state index contributed by atoms with van der Waals surface area (Å²) >= 11 is 0. The van der Waals surface area contributed by atoms with Crippen molar-refractivity contribution >= 4 is 5.91 Å². The van der Waals surface area contributed by atoms with Gasteiger partial charge in [0.15, 0.2) is 6.10 Å². The van der Waals surface area contributed by atoms with Gasteiger partial charge in [0.1, 0.15) is 11.8 Å². The fourth-order valence-corrected chi connectivity index (χ4v) is 2.91. The summed E-state index contributed by atoms with van der Waals surface area (Å²) in [4.78, 5) is 12.5. The number of nitrogens with one attached hydrogen (secondary N) is 1. The summed E-state index contributed by atoms with van der Waals surface area (Å²) in [6.07, 6.45) is -0.708. The summed E-state index contributed by atoms with van der Waals surface area (Å²) in [5.74, 6) is 0.180. The maximum Gasteiger partial charge on any atom is 0.261 e. The molecule has 0 radical (unpaired) electrons. The fraction of sp³-hybridized carbons (Fsp3) is 0.167. The van der Waals surface area contributed by atoms with Gasteiger partial charge in [0.05, 0.1) is 11.6 Å². The van der Waals surface area contributed by atoms with E-state index in [0.29, 0.717) is 11.3 Å². The van der Waals surface area contributed by atoms with Gasteiger partial charge in [0, 0.05) is 0 Å². The molecule has 3 rings (SSSR count). The van der Waals surface area contributed by atoms with E-state index in [1.165, 1.54) is 0 Å². The molecule has 0 aromatic heterocycles. The van der Waals surface area contributed by atoms with Crippen molar-refractivity contribution in [2.45, 2.75) is 26.0 Å². The van der Waals surface area contributed by atoms with Gasteiger partial charge >= 0.3 is 0 Å². The van der Waals surface area contributed by atoms with Gasteiger partial charge in [-0.1, -0.05) is 66.7 Å². The number of nitriles is 1. The Morgan fingerprint density at radius 1 is 0.893 bits per heavy atom. The Morgan fingerprint density at radius 2 is 1.50 bits per heavy atom. The van der Waals surface area contributed by atoms with Gasteiger partial charge in [0.2, 0.25) is 0 Å². The van der Waals surface area contributed by atoms with Crippen LogP contribution in [0.4, 0.5) is 0 Å². The summed E-state index contributed by atoms with van der Waals surface area (Å²) in [6.45, 7) is 3.61. The number of hydrogen-bond donors (Lipinski definition) is 1. The van der Waals surface area contributed by atoms with Crippen molar-refractivity contribution in [2.75, 3.05) is 0 Å². The average molecular weight is 370 g/mol. The highest BCUT2D eigenvalue weighted by atomic mass is 16.5. The van der Waals surface area contributed by atoms with Crippen LogP contribution in [0, 0.1) is 11.3 Å². The van der Waals surface area contributed by atoms with E-state index < -0.39 is 6.10 Å². The Hall–Kier alpha value is -3.58. The zero-order valence-corrected chi connectivity index (χ0v) is 15.9. The van der Waals surface area contributed by atoms with Gasteiger partial charge < -0.3 is 10.1 Å². The quantitative estimate of drug-likeness (QED) is 0.673. The predicted octanol–water partition coefficient (Wildman–Crippen LogP) is 4.87. The molecule has 2 unspecified atom stereocenters. The minimum atomic E-state index is -0.708. The Bertz CT molecular complexity index is 975. The van der Waals surface area contributed by atoms with Crippen LogP contribution in [0.3, 0.4) is 0 Å². The molecule has 3 aromatic rings. The number of carbonyl (C=O) groups excluding carboxylic acids is 1. The van der Waals surface area contributed by atoms with E-state index >= 15 is 0 Å². The van der Waals surface area contributed by atoms with Gasteiger partial charge in [-0.05, 0) is 42.7 Å². The molecular weight excluding hydrogens is 348 g/mol. The lowest BCUT2D eigenvalue weighted by molar-refractivity contribution is -0.127. The number of nitrogens with zero attached hydrogens (tertiary/aromatic N) is 1. The molecule has 0 aliphatic rings. The van der Waals surface area contributed by atoms with E-state index in [4.69, 9.17) is 10.00 Å². The first-order chi connectivity index (χ1) is 13.6. The molecule has 0 saturated heterocycles. The van der Waals surface area contributed by atoms with E-state index in [1.54, 1.807) is 31.2 Å². The molecule has 0 aliphatic carbocycles. The van der Waals surface area contributed by atoms with Crippen LogP contribution in [-0.4, -0.2) is 12.0 Å². The first-order valence-corrected chi connectivity index (χ1v) is 9.20. The zero-order valence-electron chi connectivity index (χ0n) is 15.9. The largest absolute Gasteiger partial charge is 0.480 e. The van der Waals surface area contributed by atoms with E-state index in [2.05, 4.69) is 35.7 Å². The first kappa shape index (κ1) is 19.2. The SMILES string of the molecule is CC(Oc1ccccc1C#N)C(=O)NC(C)c1ccc(-c2ccccc2)cc1. The molecule has 4 nitrogen and oxygen atoms in total. The second kappa shape index (κ2) is 8.88. The maximum atomic E-state index is 12.5. The third kappa shape index (κ3) is 4.57. The lowest BCUT2D eigenvalue weighted by Gasteiger charge is -2.19. The summed E-state index contributed by atoms with van der Waals surface area (Å²) < 4.78 is 5.68. The minimum Gasteiger partial charge on any atom is -0.480 e. The molecule has 1 amide bonds. The normalized spacial score (nSPS) is 12.5. The Labute approximate surface area is 165 Å². The number of amides is 1. The Morgan fingerprint density at radius 3 is 2.18 bits per heavy atom. The highest BCUT2D eigenvalue weighted by Crippen LogP contribution is 2.22. The lowest BCUT2D eigenvalue weighted by atomic mass is 10.0. The third-order valence-electron chi connectivity index (χ3n) is 4.56. The van der Waals surface area contributed by atoms with Crippen LogP contribution in [0.25, 0.3) is 11.1 Å². The highest BCUT2D eigenvalue weighted by molar-refractivity contribution is 5.81. The summed E-state index contributed by atoms with van der Waals surface area (Å²) in [5, 5.41) is 12.1. The number of carbonyl (C=O) groups is 1. The van der Waals surface area contributed by atoms with Crippen molar-refractivity contribution < 1.29 is 9.53 Å². The van der Waals surface area contributed by atoms with Gasteiger partial charge in [-0.2, -0.15) is 5.26 Å². The molecule has 0 heterocycles. The van der Waals surface area contributed by atoms with Gasteiger partial charge in [0.25, 0.3) is 5.91 Å². The van der Waals surface area contributed by atoms with Crippen LogP contribution in [0.5, 0.6) is 5.75 Å². The van der Waals surface area contributed by atoms with Crippen molar-refractivity contribution in [1.82, 2.24) is 5.32 Å². The fourth-order valence-electron chi connectivity index (χ4n) is 2.91. The van der Waals surface area contributed by atoms with Crippen molar-refractivity contribution in [2.24, 2.45) is 0 Å². The van der Waals surface area contributed by atoms with E-state index in [-0.39, 0.29) is 11.9 Å². The van der Waals surface area contributed by atoms with Crippen LogP contribution < -0.4 is 10.1 Å². The molecular formula is C24H22N2O2. The van der Waals surface area contributed by atoms with E-state index in [0.717, 1.165) is 16.7 Å². The monoisotopic (exact) mass is 370 g/mol. The number of hydrogen-bond acceptors (Lipinski definition) is 3. The van der Waals surface area contributed by atoms with Crippen LogP contribution >= 0.6 is 0 Å². The molecule has 2 atom stereocenters. The summed E-state index contributed by atoms with van der Waals surface area (Å²) in [5.41, 5.74) is 3.71. The molecule has 0 aliphatic heterocycles. The van der Waals surface area contributed by atoms with Crippen molar-refractivity contribution in [3.8, 4) is 22.9 Å². The molecule has 1 N–H and O–H groups in total. The predicted molar refractivity (Wildman–Crippen MR) is 110 cm³/mol. The number of ether oxygens (including phenoxy) is 1. The third-order valence-corrected chi connectivity index (χ3v) is 4.56. The molecule has 4 heteroatoms. The van der Waals surface area contributed by atoms with Crippen molar-refractivity contribution in [3.05, 3.63) is 90.0 Å². The molecule has 140 valence electrons. The zero-order chi connectivity index (χ0) is 19.9. The Kier molecular flexibility index (Phi) is 6.08. The molecule has 0 saturated carbocycles. The minimum absolute atomic E-state index is 0.158. The highest BCUT2D eigenvalue weighted by Gasteiger charge is 2.19. The standard InChI is InChI=1S/C24H22N2O2/c1-17(19-12-14-21(15-13-19)20-8-4-3-5-9-20)26-24(27)18(2)28-23-11-7-6-10-22(23)16-25/h3-15,17-18H,1-2H3,(H,26,27). The maximum absolute atomic E-state index is 12.5. The lowest BCUT2D eigenvalue weighted by Crippen LogP contribution is -2.37. The molecule has 0 bridgehead atoms. The van der Waals surface area contributed by atoms with Crippen molar-refractivity contribution in [3.63, 3.8) is 0 Å². The van der Waals surface area contributed by atoms with Gasteiger partial charge in [-0.3, -0.25) is 4.79 Å². The molecule has 0 fully saturated rings. The first-order valence-electron chi connectivity index (χ1n) is 9.20. The average Bonchev–Trinajstić information content (AvgIpc) is 2.74. The van der Waals surface area contributed by atoms with Gasteiger partial charge in [-0.25, -0.2) is 0 Å².